The molecule has 116 valence electrons. The summed E-state index contributed by atoms with van der Waals surface area (Å²) in [5.41, 5.74) is 2.82. The zero-order valence-corrected chi connectivity index (χ0v) is 12.9. The highest BCUT2D eigenvalue weighted by atomic mass is 16.3. The summed E-state index contributed by atoms with van der Waals surface area (Å²) in [6, 6.07) is 21.5. The first-order valence-corrected chi connectivity index (χ1v) is 7.46. The molecule has 0 unspecified atom stereocenters. The van der Waals surface area contributed by atoms with Crippen LogP contribution >= 0.6 is 0 Å². The summed E-state index contributed by atoms with van der Waals surface area (Å²) in [5, 5.41) is 6.04. The van der Waals surface area contributed by atoms with Crippen molar-refractivity contribution in [2.75, 3.05) is 10.6 Å². The lowest BCUT2D eigenvalue weighted by Crippen LogP contribution is -2.05. The molecule has 0 radical (unpaired) electrons. The van der Waals surface area contributed by atoms with Crippen LogP contribution in [0.3, 0.4) is 0 Å². The molecule has 23 heavy (non-hydrogen) atoms. The topological polar surface area (TPSA) is 54.3 Å². The molecule has 0 aliphatic carbocycles. The number of carbonyl (C=O) groups is 1. The molecule has 0 bridgehead atoms. The zero-order valence-electron chi connectivity index (χ0n) is 12.9. The molecule has 0 aliphatic heterocycles. The zero-order chi connectivity index (χ0) is 16.1. The maximum atomic E-state index is 11.0. The Balaban J connectivity index is 1.60. The van der Waals surface area contributed by atoms with Crippen LogP contribution in [0.2, 0.25) is 0 Å². The molecule has 0 saturated carbocycles. The Morgan fingerprint density at radius 1 is 0.913 bits per heavy atom. The molecule has 0 aliphatic rings. The van der Waals surface area contributed by atoms with Crippen LogP contribution in [0.1, 0.15) is 12.7 Å². The highest BCUT2D eigenvalue weighted by Crippen LogP contribution is 2.22. The molecule has 2 aromatic carbocycles. The van der Waals surface area contributed by atoms with Crippen LogP contribution in [0, 0.1) is 0 Å². The van der Waals surface area contributed by atoms with Gasteiger partial charge in [-0.25, -0.2) is 0 Å². The maximum Gasteiger partial charge on any atom is 0.221 e. The smallest absolute Gasteiger partial charge is 0.221 e. The molecule has 0 saturated heterocycles. The summed E-state index contributed by atoms with van der Waals surface area (Å²) in [4.78, 5) is 11.0. The van der Waals surface area contributed by atoms with Gasteiger partial charge in [-0.3, -0.25) is 4.79 Å². The third-order valence-electron chi connectivity index (χ3n) is 3.39. The number of carbonyl (C=O) groups excluding carboxylic acids is 1. The summed E-state index contributed by atoms with van der Waals surface area (Å²) in [6.07, 6.45) is 0. The van der Waals surface area contributed by atoms with Gasteiger partial charge in [0.2, 0.25) is 5.91 Å². The number of furan rings is 1. The summed E-state index contributed by atoms with van der Waals surface area (Å²) in [7, 11) is 0. The Hall–Kier alpha value is -3.01. The molecule has 4 nitrogen and oxygen atoms in total. The fourth-order valence-electron chi connectivity index (χ4n) is 2.29. The molecule has 0 atom stereocenters. The number of amides is 1. The van der Waals surface area contributed by atoms with E-state index in [9.17, 15) is 4.79 Å². The second kappa shape index (κ2) is 6.83. The van der Waals surface area contributed by atoms with Crippen molar-refractivity contribution < 1.29 is 9.21 Å². The van der Waals surface area contributed by atoms with Gasteiger partial charge >= 0.3 is 0 Å². The highest BCUT2D eigenvalue weighted by molar-refractivity contribution is 5.88. The second-order valence-corrected chi connectivity index (χ2v) is 5.24. The van der Waals surface area contributed by atoms with Crippen molar-refractivity contribution >= 4 is 17.3 Å². The molecule has 3 aromatic rings. The lowest BCUT2D eigenvalue weighted by atomic mass is 10.2. The van der Waals surface area contributed by atoms with Gasteiger partial charge in [-0.1, -0.05) is 30.3 Å². The summed E-state index contributed by atoms with van der Waals surface area (Å²) in [5.74, 6) is 1.66. The van der Waals surface area contributed by atoms with E-state index in [1.165, 1.54) is 6.92 Å². The van der Waals surface area contributed by atoms with Gasteiger partial charge in [0.15, 0.2) is 0 Å². The molecule has 0 fully saturated rings. The lowest BCUT2D eigenvalue weighted by molar-refractivity contribution is -0.114. The Kier molecular flexibility index (Phi) is 4.43. The van der Waals surface area contributed by atoms with Crippen LogP contribution in [0.15, 0.2) is 71.1 Å². The Morgan fingerprint density at radius 3 is 2.30 bits per heavy atom. The van der Waals surface area contributed by atoms with Crippen LogP contribution < -0.4 is 10.6 Å². The molecular formula is C19H18N2O2. The predicted octanol–water partition coefficient (Wildman–Crippen LogP) is 4.52. The first kappa shape index (κ1) is 14.9. The number of hydrogen-bond donors (Lipinski definition) is 2. The predicted molar refractivity (Wildman–Crippen MR) is 92.2 cm³/mol. The van der Waals surface area contributed by atoms with Gasteiger partial charge in [-0.2, -0.15) is 0 Å². The molecule has 3 rings (SSSR count). The molecule has 1 aromatic heterocycles. The largest absolute Gasteiger partial charge is 0.459 e. The molecule has 2 N–H and O–H groups in total. The van der Waals surface area contributed by atoms with E-state index in [4.69, 9.17) is 4.42 Å². The molecular weight excluding hydrogens is 288 g/mol. The van der Waals surface area contributed by atoms with E-state index >= 15 is 0 Å². The van der Waals surface area contributed by atoms with E-state index < -0.39 is 0 Å². The van der Waals surface area contributed by atoms with Gasteiger partial charge in [0, 0.05) is 23.9 Å². The van der Waals surface area contributed by atoms with Gasteiger partial charge in [0.25, 0.3) is 0 Å². The van der Waals surface area contributed by atoms with Crippen molar-refractivity contribution in [1.29, 1.82) is 0 Å². The van der Waals surface area contributed by atoms with Gasteiger partial charge in [-0.05, 0) is 36.4 Å². The fourth-order valence-corrected chi connectivity index (χ4v) is 2.29. The lowest BCUT2D eigenvalue weighted by Gasteiger charge is -2.06. The number of rotatable bonds is 5. The number of nitrogens with one attached hydrogen (secondary N) is 2. The molecule has 1 amide bonds. The van der Waals surface area contributed by atoms with Crippen LogP contribution in [-0.2, 0) is 11.3 Å². The van der Waals surface area contributed by atoms with Gasteiger partial charge in [0.1, 0.15) is 11.5 Å². The Labute approximate surface area is 135 Å². The monoisotopic (exact) mass is 306 g/mol. The van der Waals surface area contributed by atoms with Gasteiger partial charge in [-0.15, -0.1) is 0 Å². The van der Waals surface area contributed by atoms with Crippen molar-refractivity contribution in [3.63, 3.8) is 0 Å². The average Bonchev–Trinajstić information content (AvgIpc) is 3.04. The van der Waals surface area contributed by atoms with E-state index in [1.54, 1.807) is 0 Å². The highest BCUT2D eigenvalue weighted by Gasteiger charge is 2.04. The minimum Gasteiger partial charge on any atom is -0.459 e. The first-order valence-electron chi connectivity index (χ1n) is 7.46. The second-order valence-electron chi connectivity index (χ2n) is 5.24. The Bertz CT molecular complexity index is 777. The fraction of sp³-hybridized carbons (Fsp3) is 0.105. The van der Waals surface area contributed by atoms with E-state index in [0.29, 0.717) is 6.54 Å². The van der Waals surface area contributed by atoms with Crippen LogP contribution in [0.4, 0.5) is 11.4 Å². The van der Waals surface area contributed by atoms with Crippen LogP contribution in [-0.4, -0.2) is 5.91 Å². The van der Waals surface area contributed by atoms with E-state index in [-0.39, 0.29) is 5.91 Å². The Morgan fingerprint density at radius 2 is 1.61 bits per heavy atom. The van der Waals surface area contributed by atoms with Crippen molar-refractivity contribution in [1.82, 2.24) is 0 Å². The standard InChI is InChI=1S/C19H18N2O2/c1-14(22)21-17-9-7-16(8-10-17)20-13-18-11-12-19(23-18)15-5-3-2-4-6-15/h2-12,20H,13H2,1H3,(H,21,22). The first-order chi connectivity index (χ1) is 11.2. The minimum atomic E-state index is -0.0743. The van der Waals surface area contributed by atoms with Crippen LogP contribution in [0.25, 0.3) is 11.3 Å². The summed E-state index contributed by atoms with van der Waals surface area (Å²) >= 11 is 0. The van der Waals surface area contributed by atoms with Crippen LogP contribution in [0.5, 0.6) is 0 Å². The summed E-state index contributed by atoms with van der Waals surface area (Å²) in [6.45, 7) is 2.10. The number of benzene rings is 2. The third-order valence-corrected chi connectivity index (χ3v) is 3.39. The number of anilines is 2. The quantitative estimate of drug-likeness (QED) is 0.729. The van der Waals surface area contributed by atoms with E-state index in [2.05, 4.69) is 10.6 Å². The third kappa shape index (κ3) is 4.01. The number of hydrogen-bond acceptors (Lipinski definition) is 3. The van der Waals surface area contributed by atoms with Gasteiger partial charge in [0.05, 0.1) is 6.54 Å². The van der Waals surface area contributed by atoms with Crippen molar-refractivity contribution in [3.05, 3.63) is 72.5 Å². The van der Waals surface area contributed by atoms with Crippen molar-refractivity contribution in [2.45, 2.75) is 13.5 Å². The molecule has 1 heterocycles. The van der Waals surface area contributed by atoms with Crippen molar-refractivity contribution in [2.24, 2.45) is 0 Å². The van der Waals surface area contributed by atoms with E-state index in [0.717, 1.165) is 28.5 Å². The molecule has 0 spiro atoms. The van der Waals surface area contributed by atoms with E-state index in [1.807, 2.05) is 66.7 Å². The van der Waals surface area contributed by atoms with Gasteiger partial charge < -0.3 is 15.1 Å². The molecule has 4 heteroatoms. The normalized spacial score (nSPS) is 10.3. The maximum absolute atomic E-state index is 11.0. The van der Waals surface area contributed by atoms with Crippen molar-refractivity contribution in [3.8, 4) is 11.3 Å². The summed E-state index contributed by atoms with van der Waals surface area (Å²) < 4.78 is 5.85. The SMILES string of the molecule is CC(=O)Nc1ccc(NCc2ccc(-c3ccccc3)o2)cc1. The average molecular weight is 306 g/mol. The minimum absolute atomic E-state index is 0.0743.